The van der Waals surface area contributed by atoms with Gasteiger partial charge < -0.3 is 10.1 Å². The number of carbonyl (C=O) groups excluding carboxylic acids is 2. The number of hydrogen-bond acceptors (Lipinski definition) is 4. The van der Waals surface area contributed by atoms with E-state index < -0.39 is 29.7 Å². The first-order valence-electron chi connectivity index (χ1n) is 8.69. The molecule has 0 bridgehead atoms. The highest BCUT2D eigenvalue weighted by molar-refractivity contribution is 7.98. The van der Waals surface area contributed by atoms with Gasteiger partial charge in [-0.05, 0) is 54.3 Å². The molecule has 0 aliphatic carbocycles. The van der Waals surface area contributed by atoms with E-state index in [1.165, 1.54) is 42.1 Å². The average molecular weight is 480 g/mol. The Bertz CT molecular complexity index is 909. The smallest absolute Gasteiger partial charge is 0.416 e. The lowest BCUT2D eigenvalue weighted by atomic mass is 10.1. The number of thioether (sulfide) groups is 1. The first kappa shape index (κ1) is 24.4. The monoisotopic (exact) mass is 479 g/mol. The van der Waals surface area contributed by atoms with Crippen LogP contribution >= 0.6 is 35.0 Å². The molecule has 0 spiro atoms. The molecule has 4 nitrogen and oxygen atoms in total. The van der Waals surface area contributed by atoms with Gasteiger partial charge >= 0.3 is 12.1 Å². The van der Waals surface area contributed by atoms with Gasteiger partial charge in [0, 0.05) is 5.02 Å². The van der Waals surface area contributed by atoms with Crippen molar-refractivity contribution >= 4 is 46.8 Å². The second-order valence-electron chi connectivity index (χ2n) is 6.24. The van der Waals surface area contributed by atoms with E-state index in [0.717, 1.165) is 12.1 Å². The summed E-state index contributed by atoms with van der Waals surface area (Å²) >= 11 is 13.3. The van der Waals surface area contributed by atoms with Crippen LogP contribution < -0.4 is 5.32 Å². The van der Waals surface area contributed by atoms with Gasteiger partial charge in [-0.3, -0.25) is 4.79 Å². The summed E-state index contributed by atoms with van der Waals surface area (Å²) in [6.07, 6.45) is -2.38. The fourth-order valence-corrected chi connectivity index (χ4v) is 3.45. The highest BCUT2D eigenvalue weighted by Crippen LogP contribution is 2.29. The zero-order chi connectivity index (χ0) is 22.3. The predicted octanol–water partition coefficient (Wildman–Crippen LogP) is 5.61. The predicted molar refractivity (Wildman–Crippen MR) is 112 cm³/mol. The zero-order valence-electron chi connectivity index (χ0n) is 15.8. The van der Waals surface area contributed by atoms with Gasteiger partial charge in [-0.1, -0.05) is 35.3 Å². The largest absolute Gasteiger partial charge is 0.459 e. The Morgan fingerprint density at radius 1 is 1.17 bits per heavy atom. The first-order valence-corrected chi connectivity index (χ1v) is 10.8. The minimum atomic E-state index is -4.49. The van der Waals surface area contributed by atoms with Crippen molar-refractivity contribution in [2.45, 2.75) is 25.2 Å². The summed E-state index contributed by atoms with van der Waals surface area (Å²) in [5.41, 5.74) is -0.504. The molecule has 0 saturated heterocycles. The molecule has 0 aliphatic heterocycles. The van der Waals surface area contributed by atoms with Crippen LogP contribution in [0.4, 0.5) is 13.2 Å². The number of rotatable bonds is 8. The van der Waals surface area contributed by atoms with Gasteiger partial charge in [0.2, 0.25) is 0 Å². The first-order chi connectivity index (χ1) is 14.1. The van der Waals surface area contributed by atoms with Crippen LogP contribution in [0.2, 0.25) is 10.0 Å². The van der Waals surface area contributed by atoms with Crippen LogP contribution in [-0.2, 0) is 22.3 Å². The molecule has 0 aromatic heterocycles. The third kappa shape index (κ3) is 7.11. The molecular formula is C20H18Cl2F3NO3S. The molecule has 2 aromatic carbocycles. The summed E-state index contributed by atoms with van der Waals surface area (Å²) in [4.78, 5) is 25.0. The van der Waals surface area contributed by atoms with Crippen molar-refractivity contribution in [2.24, 2.45) is 0 Å². The molecule has 0 aliphatic rings. The molecule has 1 amide bonds. The van der Waals surface area contributed by atoms with Gasteiger partial charge in [-0.15, -0.1) is 0 Å². The van der Waals surface area contributed by atoms with Crippen molar-refractivity contribution in [3.05, 3.63) is 69.2 Å². The van der Waals surface area contributed by atoms with Crippen LogP contribution in [0.25, 0.3) is 0 Å². The maximum absolute atomic E-state index is 12.8. The minimum Gasteiger partial charge on any atom is -0.459 e. The number of alkyl halides is 3. The van der Waals surface area contributed by atoms with Crippen molar-refractivity contribution in [1.82, 2.24) is 5.32 Å². The van der Waals surface area contributed by atoms with Crippen LogP contribution in [0.1, 0.15) is 27.9 Å². The normalized spacial score (nSPS) is 12.3. The Morgan fingerprint density at radius 3 is 2.53 bits per heavy atom. The Morgan fingerprint density at radius 2 is 1.90 bits per heavy atom. The summed E-state index contributed by atoms with van der Waals surface area (Å²) in [5, 5.41) is 3.05. The van der Waals surface area contributed by atoms with E-state index in [0.29, 0.717) is 10.8 Å². The third-order valence-corrected chi connectivity index (χ3v) is 5.20. The highest BCUT2D eigenvalue weighted by atomic mass is 35.5. The number of nitrogens with one attached hydrogen (secondary N) is 1. The standard InChI is InChI=1S/C20H18Cl2F3NO3S/c1-30-8-7-17(26-18(27)15-6-5-14(21)10-16(15)22)19(28)29-11-12-3-2-4-13(9-12)20(23,24)25/h2-6,9-10,17H,7-8,11H2,1H3,(H,26,27). The Hall–Kier alpha value is -1.90. The Kier molecular flexibility index (Phi) is 8.88. The molecule has 0 radical (unpaired) electrons. The maximum atomic E-state index is 12.8. The number of carbonyl (C=O) groups is 2. The molecule has 0 fully saturated rings. The van der Waals surface area contributed by atoms with Gasteiger partial charge in [0.05, 0.1) is 16.1 Å². The van der Waals surface area contributed by atoms with Crippen molar-refractivity contribution in [2.75, 3.05) is 12.0 Å². The molecule has 0 heterocycles. The summed E-state index contributed by atoms with van der Waals surface area (Å²) in [7, 11) is 0. The molecule has 1 unspecified atom stereocenters. The second kappa shape index (κ2) is 10.9. The third-order valence-electron chi connectivity index (χ3n) is 4.01. The number of amides is 1. The maximum Gasteiger partial charge on any atom is 0.416 e. The molecule has 162 valence electrons. The lowest BCUT2D eigenvalue weighted by molar-refractivity contribution is -0.147. The van der Waals surface area contributed by atoms with E-state index >= 15 is 0 Å². The van der Waals surface area contributed by atoms with E-state index in [9.17, 15) is 22.8 Å². The topological polar surface area (TPSA) is 55.4 Å². The Labute approximate surface area is 186 Å². The van der Waals surface area contributed by atoms with E-state index in [4.69, 9.17) is 27.9 Å². The van der Waals surface area contributed by atoms with E-state index in [1.807, 2.05) is 6.26 Å². The number of halogens is 5. The fraction of sp³-hybridized carbons (Fsp3) is 0.300. The number of benzene rings is 2. The van der Waals surface area contributed by atoms with Gasteiger partial charge in [-0.25, -0.2) is 4.79 Å². The molecule has 10 heteroatoms. The average Bonchev–Trinajstić information content (AvgIpc) is 2.68. The van der Waals surface area contributed by atoms with E-state index in [2.05, 4.69) is 5.32 Å². The van der Waals surface area contributed by atoms with Crippen LogP contribution in [0.15, 0.2) is 42.5 Å². The van der Waals surface area contributed by atoms with Crippen molar-refractivity contribution in [1.29, 1.82) is 0 Å². The minimum absolute atomic E-state index is 0.126. The SMILES string of the molecule is CSCCC(NC(=O)c1ccc(Cl)cc1Cl)C(=O)OCc1cccc(C(F)(F)F)c1. The van der Waals surface area contributed by atoms with Crippen LogP contribution in [0.5, 0.6) is 0 Å². The molecule has 1 atom stereocenters. The molecule has 0 saturated carbocycles. The van der Waals surface area contributed by atoms with Gasteiger partial charge in [0.15, 0.2) is 0 Å². The molecule has 2 aromatic rings. The summed E-state index contributed by atoms with van der Waals surface area (Å²) in [6, 6.07) is 7.85. The number of esters is 1. The van der Waals surface area contributed by atoms with Crippen LogP contribution in [-0.4, -0.2) is 29.9 Å². The van der Waals surface area contributed by atoms with Crippen molar-refractivity contribution in [3.63, 3.8) is 0 Å². The second-order valence-corrected chi connectivity index (χ2v) is 8.07. The lowest BCUT2D eigenvalue weighted by Crippen LogP contribution is -2.42. The number of ether oxygens (including phenoxy) is 1. The summed E-state index contributed by atoms with van der Waals surface area (Å²) in [6.45, 7) is -0.351. The van der Waals surface area contributed by atoms with E-state index in [-0.39, 0.29) is 29.2 Å². The van der Waals surface area contributed by atoms with Crippen LogP contribution in [0, 0.1) is 0 Å². The highest BCUT2D eigenvalue weighted by Gasteiger charge is 2.30. The summed E-state index contributed by atoms with van der Waals surface area (Å²) in [5.74, 6) is -0.781. The Balaban J connectivity index is 2.07. The lowest BCUT2D eigenvalue weighted by Gasteiger charge is -2.18. The van der Waals surface area contributed by atoms with Gasteiger partial charge in [0.1, 0.15) is 12.6 Å². The van der Waals surface area contributed by atoms with Crippen molar-refractivity contribution in [3.8, 4) is 0 Å². The molecule has 2 rings (SSSR count). The van der Waals surface area contributed by atoms with E-state index in [1.54, 1.807) is 0 Å². The zero-order valence-corrected chi connectivity index (χ0v) is 18.1. The van der Waals surface area contributed by atoms with Crippen LogP contribution in [0.3, 0.4) is 0 Å². The molecular weight excluding hydrogens is 462 g/mol. The fourth-order valence-electron chi connectivity index (χ4n) is 2.49. The van der Waals surface area contributed by atoms with Gasteiger partial charge in [-0.2, -0.15) is 24.9 Å². The van der Waals surface area contributed by atoms with Crippen molar-refractivity contribution < 1.29 is 27.5 Å². The quantitative estimate of drug-likeness (QED) is 0.500. The summed E-state index contributed by atoms with van der Waals surface area (Å²) < 4.78 is 43.6. The number of hydrogen-bond donors (Lipinski definition) is 1. The molecule has 1 N–H and O–H groups in total. The van der Waals surface area contributed by atoms with Gasteiger partial charge in [0.25, 0.3) is 5.91 Å². The molecule has 30 heavy (non-hydrogen) atoms.